The minimum absolute atomic E-state index is 0.223. The molecule has 0 unspecified atom stereocenters. The van der Waals surface area contributed by atoms with E-state index >= 15 is 0 Å². The Hall–Kier alpha value is -1.99. The zero-order chi connectivity index (χ0) is 14.8. The van der Waals surface area contributed by atoms with Gasteiger partial charge in [0.05, 0.1) is 10.6 Å². The van der Waals surface area contributed by atoms with Crippen LogP contribution >= 0.6 is 12.2 Å². The van der Waals surface area contributed by atoms with Crippen molar-refractivity contribution in [3.63, 3.8) is 0 Å². The van der Waals surface area contributed by atoms with E-state index in [4.69, 9.17) is 18.0 Å². The van der Waals surface area contributed by atoms with E-state index in [1.54, 1.807) is 42.6 Å². The number of nitrogens with zero attached hydrogens (tertiary/aromatic N) is 1. The van der Waals surface area contributed by atoms with Gasteiger partial charge in [-0.15, -0.1) is 0 Å². The summed E-state index contributed by atoms with van der Waals surface area (Å²) >= 11 is 4.87. The number of aromatic nitrogens is 1. The first-order chi connectivity index (χ1) is 9.36. The predicted molar refractivity (Wildman–Crippen MR) is 83.0 cm³/mol. The molecule has 0 amide bonds. The molecule has 0 atom stereocenters. The number of nitrogens with two attached hydrogens (primary N) is 1. The average molecular weight is 307 g/mol. The maximum atomic E-state index is 11.4. The maximum Gasteiger partial charge on any atom is 0.175 e. The molecule has 104 valence electrons. The van der Waals surface area contributed by atoms with Gasteiger partial charge in [0.1, 0.15) is 4.99 Å². The molecule has 0 saturated carbocycles. The minimum atomic E-state index is -3.18. The van der Waals surface area contributed by atoms with Crippen molar-refractivity contribution in [2.45, 2.75) is 4.90 Å². The molecule has 0 radical (unpaired) electrons. The molecule has 0 bridgehead atoms. The number of anilines is 2. The summed E-state index contributed by atoms with van der Waals surface area (Å²) in [5.41, 5.74) is 7.58. The van der Waals surface area contributed by atoms with Gasteiger partial charge in [0.2, 0.25) is 0 Å². The summed E-state index contributed by atoms with van der Waals surface area (Å²) in [5.74, 6) is 0. The van der Waals surface area contributed by atoms with Crippen LogP contribution in [0.25, 0.3) is 0 Å². The summed E-state index contributed by atoms with van der Waals surface area (Å²) in [4.78, 5) is 4.54. The number of rotatable bonds is 4. The van der Waals surface area contributed by atoms with E-state index in [1.807, 2.05) is 0 Å². The molecule has 20 heavy (non-hydrogen) atoms. The van der Waals surface area contributed by atoms with Crippen molar-refractivity contribution in [3.05, 3.63) is 48.3 Å². The molecule has 1 aromatic heterocycles. The Morgan fingerprint density at radius 3 is 2.40 bits per heavy atom. The number of benzene rings is 1. The maximum absolute atomic E-state index is 11.4. The van der Waals surface area contributed by atoms with Crippen molar-refractivity contribution in [2.75, 3.05) is 11.6 Å². The molecule has 1 heterocycles. The van der Waals surface area contributed by atoms with Gasteiger partial charge in [-0.25, -0.2) is 8.42 Å². The summed E-state index contributed by atoms with van der Waals surface area (Å²) in [6, 6.07) is 9.98. The third-order valence-corrected chi connectivity index (χ3v) is 3.92. The van der Waals surface area contributed by atoms with Crippen LogP contribution in [0.2, 0.25) is 0 Å². The fourth-order valence-electron chi connectivity index (χ4n) is 1.60. The van der Waals surface area contributed by atoms with Gasteiger partial charge in [-0.2, -0.15) is 0 Å². The monoisotopic (exact) mass is 307 g/mol. The van der Waals surface area contributed by atoms with E-state index in [2.05, 4.69) is 10.3 Å². The summed E-state index contributed by atoms with van der Waals surface area (Å²) in [7, 11) is -3.18. The zero-order valence-corrected chi connectivity index (χ0v) is 12.3. The fourth-order valence-corrected chi connectivity index (χ4v) is 2.34. The van der Waals surface area contributed by atoms with Crippen molar-refractivity contribution in [2.24, 2.45) is 5.73 Å². The van der Waals surface area contributed by atoms with Crippen molar-refractivity contribution >= 4 is 38.4 Å². The number of hydrogen-bond acceptors (Lipinski definition) is 5. The quantitative estimate of drug-likeness (QED) is 0.839. The number of hydrogen-bond donors (Lipinski definition) is 2. The van der Waals surface area contributed by atoms with Gasteiger partial charge >= 0.3 is 0 Å². The van der Waals surface area contributed by atoms with Crippen molar-refractivity contribution in [1.82, 2.24) is 4.98 Å². The van der Waals surface area contributed by atoms with Gasteiger partial charge < -0.3 is 11.1 Å². The first-order valence-electron chi connectivity index (χ1n) is 5.69. The second-order valence-electron chi connectivity index (χ2n) is 4.22. The Kier molecular flexibility index (Phi) is 4.01. The molecule has 2 rings (SSSR count). The summed E-state index contributed by atoms with van der Waals surface area (Å²) in [5, 5.41) is 3.13. The van der Waals surface area contributed by atoms with E-state index < -0.39 is 9.84 Å². The molecule has 3 N–H and O–H groups in total. The molecular formula is C13H13N3O2S2. The van der Waals surface area contributed by atoms with Crippen LogP contribution in [0, 0.1) is 0 Å². The Morgan fingerprint density at radius 2 is 1.85 bits per heavy atom. The van der Waals surface area contributed by atoms with E-state index in [9.17, 15) is 8.42 Å². The minimum Gasteiger partial charge on any atom is -0.388 e. The summed E-state index contributed by atoms with van der Waals surface area (Å²) in [6.07, 6.45) is 2.77. The van der Waals surface area contributed by atoms with Crippen LogP contribution in [0.5, 0.6) is 0 Å². The van der Waals surface area contributed by atoms with Crippen LogP contribution in [0.4, 0.5) is 11.4 Å². The highest BCUT2D eigenvalue weighted by Crippen LogP contribution is 2.19. The van der Waals surface area contributed by atoms with Gasteiger partial charge in [0.25, 0.3) is 0 Å². The van der Waals surface area contributed by atoms with Gasteiger partial charge in [-0.05, 0) is 36.4 Å². The average Bonchev–Trinajstić information content (AvgIpc) is 2.38. The third-order valence-electron chi connectivity index (χ3n) is 2.58. The van der Waals surface area contributed by atoms with Gasteiger partial charge in [-0.3, -0.25) is 4.98 Å². The van der Waals surface area contributed by atoms with Crippen LogP contribution in [0.3, 0.4) is 0 Å². The molecule has 0 fully saturated rings. The zero-order valence-electron chi connectivity index (χ0n) is 10.7. The lowest BCUT2D eigenvalue weighted by molar-refractivity contribution is 0.602. The smallest absolute Gasteiger partial charge is 0.175 e. The first-order valence-corrected chi connectivity index (χ1v) is 7.99. The first kappa shape index (κ1) is 14.4. The number of nitrogens with one attached hydrogen (secondary N) is 1. The van der Waals surface area contributed by atoms with E-state index in [0.29, 0.717) is 5.69 Å². The number of pyridine rings is 1. The highest BCUT2D eigenvalue weighted by molar-refractivity contribution is 7.90. The van der Waals surface area contributed by atoms with Crippen LogP contribution in [-0.4, -0.2) is 24.6 Å². The Bertz CT molecular complexity index is 740. The third kappa shape index (κ3) is 3.52. The van der Waals surface area contributed by atoms with Crippen LogP contribution in [0.1, 0.15) is 5.69 Å². The number of sulfone groups is 1. The second-order valence-corrected chi connectivity index (χ2v) is 6.67. The van der Waals surface area contributed by atoms with Crippen LogP contribution < -0.4 is 11.1 Å². The highest BCUT2D eigenvalue weighted by Gasteiger charge is 2.06. The molecule has 2 aromatic rings. The van der Waals surface area contributed by atoms with Gasteiger partial charge in [0, 0.05) is 23.8 Å². The lowest BCUT2D eigenvalue weighted by atomic mass is 10.2. The SMILES string of the molecule is CS(=O)(=O)c1ccc(Nc2ccnc(C(N)=S)c2)cc1. The fraction of sp³-hybridized carbons (Fsp3) is 0.0769. The summed E-state index contributed by atoms with van der Waals surface area (Å²) in [6.45, 7) is 0. The van der Waals surface area contributed by atoms with Gasteiger partial charge in [-0.1, -0.05) is 12.2 Å². The predicted octanol–water partition coefficient (Wildman–Crippen LogP) is 1.86. The van der Waals surface area contributed by atoms with Crippen molar-refractivity contribution in [1.29, 1.82) is 0 Å². The lowest BCUT2D eigenvalue weighted by Gasteiger charge is -2.08. The van der Waals surface area contributed by atoms with E-state index in [-0.39, 0.29) is 9.88 Å². The van der Waals surface area contributed by atoms with Crippen LogP contribution in [-0.2, 0) is 9.84 Å². The molecule has 7 heteroatoms. The topological polar surface area (TPSA) is 85.1 Å². The van der Waals surface area contributed by atoms with Crippen molar-refractivity contribution < 1.29 is 8.42 Å². The summed E-state index contributed by atoms with van der Waals surface area (Å²) < 4.78 is 22.7. The molecule has 0 saturated heterocycles. The molecule has 5 nitrogen and oxygen atoms in total. The standard InChI is InChI=1S/C13H13N3O2S2/c1-20(17,18)11-4-2-9(3-5-11)16-10-6-7-15-12(8-10)13(14)19/h2-8H,1H3,(H2,14,19)(H,15,16). The molecule has 0 aliphatic heterocycles. The molecule has 1 aromatic carbocycles. The Balaban J connectivity index is 2.22. The van der Waals surface area contributed by atoms with E-state index in [0.717, 1.165) is 11.4 Å². The second kappa shape index (κ2) is 5.56. The largest absolute Gasteiger partial charge is 0.388 e. The Morgan fingerprint density at radius 1 is 1.20 bits per heavy atom. The van der Waals surface area contributed by atoms with E-state index in [1.165, 1.54) is 6.26 Å². The van der Waals surface area contributed by atoms with Crippen molar-refractivity contribution in [3.8, 4) is 0 Å². The van der Waals surface area contributed by atoms with Crippen LogP contribution in [0.15, 0.2) is 47.5 Å². The molecule has 0 spiro atoms. The molecule has 0 aliphatic rings. The number of thiocarbonyl (C=S) groups is 1. The molecular weight excluding hydrogens is 294 g/mol. The van der Waals surface area contributed by atoms with Gasteiger partial charge in [0.15, 0.2) is 9.84 Å². The Labute approximate surface area is 122 Å². The highest BCUT2D eigenvalue weighted by atomic mass is 32.2. The normalized spacial score (nSPS) is 11.1. The molecule has 0 aliphatic carbocycles. The lowest BCUT2D eigenvalue weighted by Crippen LogP contribution is -2.11.